The molecule has 0 atom stereocenters. The molecular weight excluding hydrogens is 156 g/mol. The predicted octanol–water partition coefficient (Wildman–Crippen LogP) is 2.18. The monoisotopic (exact) mass is 172 g/mol. The number of hydrogen-bond acceptors (Lipinski definition) is 3. The maximum Gasteiger partial charge on any atom is 0.337 e. The molecule has 3 nitrogen and oxygen atoms in total. The summed E-state index contributed by atoms with van der Waals surface area (Å²) in [5.41, 5.74) is 0.318. The van der Waals surface area contributed by atoms with E-state index in [1.54, 1.807) is 13.8 Å². The number of aliphatic hydroxyl groups excluding tert-OH is 1. The third-order valence-corrected chi connectivity index (χ3v) is 1.50. The van der Waals surface area contributed by atoms with Gasteiger partial charge in [-0.25, -0.2) is 4.79 Å². The second kappa shape index (κ2) is 5.63. The van der Waals surface area contributed by atoms with Crippen LogP contribution >= 0.6 is 0 Å². The number of allylic oxidation sites excluding steroid dienone is 1. The average Bonchev–Trinajstić information content (AvgIpc) is 2.04. The van der Waals surface area contributed by atoms with Crippen molar-refractivity contribution in [2.75, 3.05) is 6.61 Å². The molecule has 0 spiro atoms. The van der Waals surface area contributed by atoms with Crippen molar-refractivity contribution in [1.29, 1.82) is 0 Å². The van der Waals surface area contributed by atoms with Crippen LogP contribution in [0, 0.1) is 0 Å². The first-order valence-corrected chi connectivity index (χ1v) is 4.19. The summed E-state index contributed by atoms with van der Waals surface area (Å²) in [5.74, 6) is -0.292. The number of hydrogen-bond donors (Lipinski definition) is 1. The molecule has 0 rings (SSSR count). The zero-order valence-corrected chi connectivity index (χ0v) is 7.89. The Kier molecular flexibility index (Phi) is 5.17. The second-order valence-electron chi connectivity index (χ2n) is 2.54. The minimum Gasteiger partial charge on any atom is -0.512 e. The Hall–Kier alpha value is -0.990. The van der Waals surface area contributed by atoms with Crippen molar-refractivity contribution in [2.24, 2.45) is 0 Å². The van der Waals surface area contributed by atoms with Crippen LogP contribution in [0.15, 0.2) is 11.3 Å². The van der Waals surface area contributed by atoms with E-state index in [1.165, 1.54) is 0 Å². The van der Waals surface area contributed by atoms with Gasteiger partial charge < -0.3 is 9.84 Å². The molecule has 0 aromatic heterocycles. The van der Waals surface area contributed by atoms with Crippen molar-refractivity contribution in [3.05, 3.63) is 11.3 Å². The maximum atomic E-state index is 11.0. The molecule has 0 radical (unpaired) electrons. The van der Waals surface area contributed by atoms with Crippen LogP contribution in [0.3, 0.4) is 0 Å². The number of carbonyl (C=O) groups excluding carboxylic acids is 1. The molecule has 0 aliphatic carbocycles. The highest BCUT2D eigenvalue weighted by atomic mass is 16.5. The molecule has 3 heteroatoms. The van der Waals surface area contributed by atoms with Gasteiger partial charge in [0.15, 0.2) is 0 Å². The van der Waals surface area contributed by atoms with Crippen LogP contribution in [0.4, 0.5) is 0 Å². The van der Waals surface area contributed by atoms with Gasteiger partial charge in [0.05, 0.1) is 12.2 Å². The highest BCUT2D eigenvalue weighted by Gasteiger charge is 2.09. The number of rotatable bonds is 4. The van der Waals surface area contributed by atoms with E-state index in [0.29, 0.717) is 18.6 Å². The van der Waals surface area contributed by atoms with Gasteiger partial charge >= 0.3 is 5.97 Å². The lowest BCUT2D eigenvalue weighted by molar-refractivity contribution is -0.138. The summed E-state index contributed by atoms with van der Waals surface area (Å²) < 4.78 is 4.71. The maximum absolute atomic E-state index is 11.0. The fraction of sp³-hybridized carbons (Fsp3) is 0.667. The molecule has 1 N–H and O–H groups in total. The Morgan fingerprint density at radius 2 is 2.00 bits per heavy atom. The SMILES string of the molecule is CCC/C(O)=C(/C)C(=O)OCC. The van der Waals surface area contributed by atoms with Gasteiger partial charge in [0.1, 0.15) is 5.76 Å². The molecule has 70 valence electrons. The van der Waals surface area contributed by atoms with Crippen molar-refractivity contribution in [1.82, 2.24) is 0 Å². The fourth-order valence-corrected chi connectivity index (χ4v) is 0.781. The topological polar surface area (TPSA) is 46.5 Å². The van der Waals surface area contributed by atoms with E-state index in [0.717, 1.165) is 6.42 Å². The van der Waals surface area contributed by atoms with Crippen LogP contribution in [-0.2, 0) is 9.53 Å². The van der Waals surface area contributed by atoms with Crippen molar-refractivity contribution in [3.63, 3.8) is 0 Å². The van der Waals surface area contributed by atoms with Crippen LogP contribution in [0.1, 0.15) is 33.6 Å². The molecule has 0 amide bonds. The third kappa shape index (κ3) is 3.42. The molecule has 0 saturated heterocycles. The number of esters is 1. The summed E-state index contributed by atoms with van der Waals surface area (Å²) in [4.78, 5) is 11.0. The van der Waals surface area contributed by atoms with E-state index in [4.69, 9.17) is 4.74 Å². The van der Waals surface area contributed by atoms with E-state index in [1.807, 2.05) is 6.92 Å². The van der Waals surface area contributed by atoms with Crippen molar-refractivity contribution < 1.29 is 14.6 Å². The zero-order chi connectivity index (χ0) is 9.56. The van der Waals surface area contributed by atoms with E-state index in [9.17, 15) is 9.90 Å². The molecule has 0 aromatic rings. The van der Waals surface area contributed by atoms with E-state index >= 15 is 0 Å². The summed E-state index contributed by atoms with van der Waals surface area (Å²) >= 11 is 0. The molecular formula is C9H16O3. The Labute approximate surface area is 73.0 Å². The van der Waals surface area contributed by atoms with Crippen LogP contribution in [0.2, 0.25) is 0 Å². The molecule has 0 unspecified atom stereocenters. The second-order valence-corrected chi connectivity index (χ2v) is 2.54. The van der Waals surface area contributed by atoms with Crippen LogP contribution < -0.4 is 0 Å². The minimum absolute atomic E-state index is 0.135. The molecule has 0 aliphatic rings. The third-order valence-electron chi connectivity index (χ3n) is 1.50. The van der Waals surface area contributed by atoms with Gasteiger partial charge in [0.25, 0.3) is 0 Å². The van der Waals surface area contributed by atoms with Crippen LogP contribution in [0.5, 0.6) is 0 Å². The summed E-state index contributed by atoms with van der Waals surface area (Å²) in [5, 5.41) is 9.29. The summed E-state index contributed by atoms with van der Waals surface area (Å²) in [6.07, 6.45) is 1.35. The Balaban J connectivity index is 4.22. The first-order valence-electron chi connectivity index (χ1n) is 4.19. The number of carbonyl (C=O) groups is 1. The average molecular weight is 172 g/mol. The lowest BCUT2D eigenvalue weighted by atomic mass is 10.2. The highest BCUT2D eigenvalue weighted by Crippen LogP contribution is 2.08. The minimum atomic E-state index is -0.427. The predicted molar refractivity (Wildman–Crippen MR) is 46.9 cm³/mol. The Morgan fingerprint density at radius 1 is 1.42 bits per heavy atom. The lowest BCUT2D eigenvalue weighted by Gasteiger charge is -2.04. The molecule has 0 fully saturated rings. The highest BCUT2D eigenvalue weighted by molar-refractivity contribution is 5.88. The summed E-state index contributed by atoms with van der Waals surface area (Å²) in [6, 6.07) is 0. The molecule has 0 aliphatic heterocycles. The number of aliphatic hydroxyl groups is 1. The molecule has 0 saturated carbocycles. The van der Waals surface area contributed by atoms with Gasteiger partial charge in [-0.05, 0) is 20.3 Å². The lowest BCUT2D eigenvalue weighted by Crippen LogP contribution is -2.07. The van der Waals surface area contributed by atoms with Gasteiger partial charge in [0, 0.05) is 6.42 Å². The smallest absolute Gasteiger partial charge is 0.337 e. The van der Waals surface area contributed by atoms with E-state index < -0.39 is 5.97 Å². The molecule has 0 heterocycles. The Morgan fingerprint density at radius 3 is 2.42 bits per heavy atom. The van der Waals surface area contributed by atoms with Gasteiger partial charge in [-0.1, -0.05) is 6.92 Å². The first kappa shape index (κ1) is 11.0. The van der Waals surface area contributed by atoms with Gasteiger partial charge in [0.2, 0.25) is 0 Å². The van der Waals surface area contributed by atoms with Crippen molar-refractivity contribution in [2.45, 2.75) is 33.6 Å². The zero-order valence-electron chi connectivity index (χ0n) is 7.89. The van der Waals surface area contributed by atoms with Gasteiger partial charge in [-0.2, -0.15) is 0 Å². The largest absolute Gasteiger partial charge is 0.512 e. The van der Waals surface area contributed by atoms with Crippen molar-refractivity contribution in [3.8, 4) is 0 Å². The Bertz CT molecular complexity index is 182. The standard InChI is InChI=1S/C9H16O3/c1-4-6-8(10)7(3)9(11)12-5-2/h10H,4-6H2,1-3H3/b8-7+. The van der Waals surface area contributed by atoms with Crippen molar-refractivity contribution >= 4 is 5.97 Å². The summed E-state index contributed by atoms with van der Waals surface area (Å²) in [7, 11) is 0. The van der Waals surface area contributed by atoms with E-state index in [-0.39, 0.29) is 5.76 Å². The van der Waals surface area contributed by atoms with Gasteiger partial charge in [-0.3, -0.25) is 0 Å². The molecule has 0 aromatic carbocycles. The normalized spacial score (nSPS) is 12.2. The fourth-order valence-electron chi connectivity index (χ4n) is 0.781. The quantitative estimate of drug-likeness (QED) is 0.401. The molecule has 12 heavy (non-hydrogen) atoms. The van der Waals surface area contributed by atoms with Gasteiger partial charge in [-0.15, -0.1) is 0 Å². The van der Waals surface area contributed by atoms with E-state index in [2.05, 4.69) is 0 Å². The number of ether oxygens (including phenoxy) is 1. The van der Waals surface area contributed by atoms with Crippen LogP contribution in [-0.4, -0.2) is 17.7 Å². The summed E-state index contributed by atoms with van der Waals surface area (Å²) in [6.45, 7) is 5.59. The molecule has 0 bridgehead atoms. The van der Waals surface area contributed by atoms with Crippen LogP contribution in [0.25, 0.3) is 0 Å². The first-order chi connectivity index (χ1) is 5.63.